The zero-order valence-corrected chi connectivity index (χ0v) is 17.6. The number of anilines is 1. The maximum Gasteiger partial charge on any atom is 0.252 e. The van der Waals surface area contributed by atoms with Gasteiger partial charge in [0.2, 0.25) is 0 Å². The van der Waals surface area contributed by atoms with Gasteiger partial charge in [0, 0.05) is 37.6 Å². The van der Waals surface area contributed by atoms with E-state index < -0.39 is 0 Å². The molecule has 6 nitrogen and oxygen atoms in total. The third-order valence-corrected chi connectivity index (χ3v) is 5.61. The molecule has 1 aromatic carbocycles. The number of nitrogens with zero attached hydrogens (tertiary/aromatic N) is 3. The Morgan fingerprint density at radius 1 is 1.20 bits per heavy atom. The fraction of sp³-hybridized carbons (Fsp3) is 0.375. The first-order chi connectivity index (χ1) is 14.6. The van der Waals surface area contributed by atoms with Crippen molar-refractivity contribution in [1.29, 1.82) is 0 Å². The number of rotatable bonds is 8. The second-order valence-corrected chi connectivity index (χ2v) is 8.11. The molecule has 3 aromatic rings. The van der Waals surface area contributed by atoms with Gasteiger partial charge in [-0.05, 0) is 42.5 Å². The van der Waals surface area contributed by atoms with Crippen LogP contribution in [0.4, 0.5) is 5.82 Å². The fourth-order valence-electron chi connectivity index (χ4n) is 4.06. The minimum atomic E-state index is -0.0880. The van der Waals surface area contributed by atoms with Crippen LogP contribution in [-0.2, 0) is 13.0 Å². The van der Waals surface area contributed by atoms with Crippen LogP contribution in [0.5, 0.6) is 0 Å². The van der Waals surface area contributed by atoms with Crippen molar-refractivity contribution in [3.63, 3.8) is 0 Å². The van der Waals surface area contributed by atoms with E-state index in [9.17, 15) is 4.79 Å². The molecule has 0 aliphatic heterocycles. The Bertz CT molecular complexity index is 993. The van der Waals surface area contributed by atoms with Crippen molar-refractivity contribution in [2.45, 2.75) is 51.6 Å². The molecule has 2 aromatic heterocycles. The Morgan fingerprint density at radius 2 is 2.07 bits per heavy atom. The maximum absolute atomic E-state index is 12.4. The summed E-state index contributed by atoms with van der Waals surface area (Å²) in [6.45, 7) is 5.74. The van der Waals surface area contributed by atoms with Crippen molar-refractivity contribution in [1.82, 2.24) is 19.9 Å². The van der Waals surface area contributed by atoms with Crippen molar-refractivity contribution in [2.75, 3.05) is 11.9 Å². The van der Waals surface area contributed by atoms with Crippen LogP contribution in [0, 0.1) is 0 Å². The Balaban J connectivity index is 1.26. The summed E-state index contributed by atoms with van der Waals surface area (Å²) in [6.07, 6.45) is 8.49. The van der Waals surface area contributed by atoms with Crippen LogP contribution < -0.4 is 10.6 Å². The van der Waals surface area contributed by atoms with E-state index in [1.807, 2.05) is 24.5 Å². The molecule has 0 saturated heterocycles. The van der Waals surface area contributed by atoms with Crippen LogP contribution in [0.3, 0.4) is 0 Å². The number of benzene rings is 1. The number of carbonyl (C=O) groups excluding carboxylic acids is 1. The van der Waals surface area contributed by atoms with Crippen molar-refractivity contribution in [3.8, 4) is 0 Å². The van der Waals surface area contributed by atoms with Gasteiger partial charge in [-0.3, -0.25) is 4.79 Å². The average molecular weight is 404 g/mol. The van der Waals surface area contributed by atoms with E-state index in [1.165, 1.54) is 11.1 Å². The SMILES string of the molecule is CC(C)c1nccn1CCCNC(=O)c1ccc(N[C@@H]2CCc3ccccc32)nc1. The van der Waals surface area contributed by atoms with Gasteiger partial charge in [0.25, 0.3) is 5.91 Å². The number of carbonyl (C=O) groups is 1. The molecule has 0 radical (unpaired) electrons. The third-order valence-electron chi connectivity index (χ3n) is 5.61. The highest BCUT2D eigenvalue weighted by Crippen LogP contribution is 2.33. The van der Waals surface area contributed by atoms with Gasteiger partial charge in [0.15, 0.2) is 0 Å². The van der Waals surface area contributed by atoms with Crippen molar-refractivity contribution >= 4 is 11.7 Å². The van der Waals surface area contributed by atoms with E-state index >= 15 is 0 Å². The highest BCUT2D eigenvalue weighted by atomic mass is 16.1. The number of aromatic nitrogens is 3. The Kier molecular flexibility index (Phi) is 6.12. The van der Waals surface area contributed by atoms with E-state index in [1.54, 1.807) is 6.20 Å². The molecule has 1 aliphatic rings. The summed E-state index contributed by atoms with van der Waals surface area (Å²) in [5.41, 5.74) is 3.33. The lowest BCUT2D eigenvalue weighted by Gasteiger charge is -2.15. The third kappa shape index (κ3) is 4.53. The molecular weight excluding hydrogens is 374 g/mol. The van der Waals surface area contributed by atoms with E-state index in [0.29, 0.717) is 18.0 Å². The molecule has 6 heteroatoms. The normalized spacial score (nSPS) is 15.2. The first kappa shape index (κ1) is 20.1. The Morgan fingerprint density at radius 3 is 2.87 bits per heavy atom. The predicted molar refractivity (Wildman–Crippen MR) is 119 cm³/mol. The van der Waals surface area contributed by atoms with Gasteiger partial charge in [0.1, 0.15) is 11.6 Å². The van der Waals surface area contributed by atoms with E-state index in [2.05, 4.69) is 63.3 Å². The number of nitrogens with one attached hydrogen (secondary N) is 2. The molecule has 1 aliphatic carbocycles. The number of hydrogen-bond acceptors (Lipinski definition) is 4. The molecule has 156 valence electrons. The van der Waals surface area contributed by atoms with Crippen LogP contribution in [0.15, 0.2) is 55.0 Å². The standard InChI is InChI=1S/C24H29N5O/c1-17(2)23-25-13-15-29(23)14-5-12-26-24(30)19-9-11-22(27-16-19)28-21-10-8-18-6-3-4-7-20(18)21/h3-4,6-7,9,11,13,15-17,21H,5,8,10,12,14H2,1-2H3,(H,26,30)(H,27,28)/t21-/m1/s1. The quantitative estimate of drug-likeness (QED) is 0.550. The second-order valence-electron chi connectivity index (χ2n) is 8.11. The van der Waals surface area contributed by atoms with E-state index in [4.69, 9.17) is 0 Å². The highest BCUT2D eigenvalue weighted by Gasteiger charge is 2.21. The molecule has 0 spiro atoms. The van der Waals surface area contributed by atoms with Crippen LogP contribution in [0.2, 0.25) is 0 Å². The summed E-state index contributed by atoms with van der Waals surface area (Å²) in [5.74, 6) is 2.19. The predicted octanol–water partition coefficient (Wildman–Crippen LogP) is 4.32. The second kappa shape index (κ2) is 9.11. The number of hydrogen-bond donors (Lipinski definition) is 2. The van der Waals surface area contributed by atoms with Gasteiger partial charge in [-0.1, -0.05) is 38.1 Å². The molecular formula is C24H29N5O. The minimum Gasteiger partial charge on any atom is -0.363 e. The number of pyridine rings is 1. The number of imidazole rings is 1. The first-order valence-electron chi connectivity index (χ1n) is 10.7. The van der Waals surface area contributed by atoms with E-state index in [-0.39, 0.29) is 11.9 Å². The summed E-state index contributed by atoms with van der Waals surface area (Å²) in [5, 5.41) is 6.48. The van der Waals surface area contributed by atoms with Gasteiger partial charge in [-0.2, -0.15) is 0 Å². The summed E-state index contributed by atoms with van der Waals surface area (Å²) >= 11 is 0. The summed E-state index contributed by atoms with van der Waals surface area (Å²) < 4.78 is 2.15. The van der Waals surface area contributed by atoms with Crippen molar-refractivity contribution < 1.29 is 4.79 Å². The molecule has 4 rings (SSSR count). The molecule has 2 N–H and O–H groups in total. The average Bonchev–Trinajstić information content (AvgIpc) is 3.39. The smallest absolute Gasteiger partial charge is 0.252 e. The number of aryl methyl sites for hydroxylation is 2. The van der Waals surface area contributed by atoms with Crippen LogP contribution in [0.1, 0.15) is 66.0 Å². The van der Waals surface area contributed by atoms with Crippen molar-refractivity contribution in [2.24, 2.45) is 0 Å². The zero-order chi connectivity index (χ0) is 20.9. The lowest BCUT2D eigenvalue weighted by molar-refractivity contribution is 0.0952. The van der Waals surface area contributed by atoms with Gasteiger partial charge in [0.05, 0.1) is 11.6 Å². The highest BCUT2D eigenvalue weighted by molar-refractivity contribution is 5.94. The molecule has 30 heavy (non-hydrogen) atoms. The molecule has 0 saturated carbocycles. The first-order valence-corrected chi connectivity index (χ1v) is 10.7. The Hall–Kier alpha value is -3.15. The zero-order valence-electron chi connectivity index (χ0n) is 17.6. The number of amides is 1. The fourth-order valence-corrected chi connectivity index (χ4v) is 4.06. The summed E-state index contributed by atoms with van der Waals surface area (Å²) in [4.78, 5) is 21.3. The molecule has 2 heterocycles. The lowest BCUT2D eigenvalue weighted by atomic mass is 10.1. The maximum atomic E-state index is 12.4. The Labute approximate surface area is 177 Å². The van der Waals surface area contributed by atoms with Gasteiger partial charge in [-0.25, -0.2) is 9.97 Å². The largest absolute Gasteiger partial charge is 0.363 e. The van der Waals surface area contributed by atoms with Gasteiger partial charge in [-0.15, -0.1) is 0 Å². The minimum absolute atomic E-state index is 0.0880. The van der Waals surface area contributed by atoms with Gasteiger partial charge < -0.3 is 15.2 Å². The molecule has 0 bridgehead atoms. The lowest BCUT2D eigenvalue weighted by Crippen LogP contribution is -2.25. The number of fused-ring (bicyclic) bond motifs is 1. The molecule has 1 amide bonds. The van der Waals surface area contributed by atoms with Crippen molar-refractivity contribution in [3.05, 3.63) is 77.5 Å². The molecule has 0 unspecified atom stereocenters. The topological polar surface area (TPSA) is 71.8 Å². The van der Waals surface area contributed by atoms with Crippen LogP contribution >= 0.6 is 0 Å². The van der Waals surface area contributed by atoms with Gasteiger partial charge >= 0.3 is 0 Å². The van der Waals surface area contributed by atoms with E-state index in [0.717, 1.165) is 37.4 Å². The van der Waals surface area contributed by atoms with Crippen LogP contribution in [0.25, 0.3) is 0 Å². The molecule has 0 fully saturated rings. The van der Waals surface area contributed by atoms with Crippen LogP contribution in [-0.4, -0.2) is 27.0 Å². The monoisotopic (exact) mass is 403 g/mol. The molecule has 1 atom stereocenters. The summed E-state index contributed by atoms with van der Waals surface area (Å²) in [7, 11) is 0. The summed E-state index contributed by atoms with van der Waals surface area (Å²) in [6, 6.07) is 12.5.